The van der Waals surface area contributed by atoms with Crippen LogP contribution in [0.4, 0.5) is 0 Å². The highest BCUT2D eigenvalue weighted by Gasteiger charge is 2.57. The van der Waals surface area contributed by atoms with E-state index in [1.54, 1.807) is 24.3 Å². The monoisotopic (exact) mass is 598 g/mol. The van der Waals surface area contributed by atoms with E-state index in [2.05, 4.69) is 41.1 Å². The second kappa shape index (κ2) is 11.8. The number of aryl methyl sites for hydroxylation is 1. The zero-order valence-corrected chi connectivity index (χ0v) is 25.7. The molecule has 1 aromatic heterocycles. The van der Waals surface area contributed by atoms with Crippen molar-refractivity contribution in [3.05, 3.63) is 113 Å². The zero-order valence-electron chi connectivity index (χ0n) is 24.9. The number of nitrogens with one attached hydrogen (secondary N) is 1. The minimum Gasteiger partial charge on any atom is -0.468 e. The van der Waals surface area contributed by atoms with Gasteiger partial charge in [-0.3, -0.25) is 13.9 Å². The van der Waals surface area contributed by atoms with E-state index in [0.717, 1.165) is 46.3 Å². The summed E-state index contributed by atoms with van der Waals surface area (Å²) in [5, 5.41) is 1.10. The van der Waals surface area contributed by atoms with Crippen molar-refractivity contribution in [2.45, 2.75) is 56.0 Å². The second-order valence-corrected chi connectivity index (χ2v) is 13.3. The quantitative estimate of drug-likeness (QED) is 0.150. The van der Waals surface area contributed by atoms with Gasteiger partial charge in [0.2, 0.25) is 0 Å². The fourth-order valence-corrected chi connectivity index (χ4v) is 8.10. The molecule has 224 valence electrons. The number of para-hydroxylation sites is 1. The summed E-state index contributed by atoms with van der Waals surface area (Å²) in [7, 11) is -2.53. The van der Waals surface area contributed by atoms with Crippen LogP contribution in [0.2, 0.25) is 0 Å². The molecule has 1 aliphatic heterocycles. The highest BCUT2D eigenvalue weighted by Crippen LogP contribution is 2.50. The normalized spacial score (nSPS) is 22.3. The Morgan fingerprint density at radius 3 is 2.47 bits per heavy atom. The van der Waals surface area contributed by atoms with E-state index >= 15 is 0 Å². The molecule has 0 unspecified atom stereocenters. The number of methoxy groups -OCH3 is 1. The third-order valence-corrected chi connectivity index (χ3v) is 10.4. The molecule has 3 aromatic carbocycles. The topological polar surface area (TPSA) is 88.7 Å². The number of rotatable bonds is 8. The predicted molar refractivity (Wildman–Crippen MR) is 167 cm³/mol. The van der Waals surface area contributed by atoms with Gasteiger partial charge in [-0.05, 0) is 55.5 Å². The van der Waals surface area contributed by atoms with E-state index in [1.807, 2.05) is 43.3 Å². The van der Waals surface area contributed by atoms with Gasteiger partial charge in [0.25, 0.3) is 10.1 Å². The summed E-state index contributed by atoms with van der Waals surface area (Å²) in [5.74, 6) is -0.655. The van der Waals surface area contributed by atoms with E-state index < -0.39 is 15.5 Å². The number of ether oxygens (including phenoxy) is 1. The molecule has 0 spiro atoms. The van der Waals surface area contributed by atoms with Gasteiger partial charge < -0.3 is 9.72 Å². The number of hydrogen-bond donors (Lipinski definition) is 1. The molecule has 4 aromatic rings. The predicted octanol–water partition coefficient (Wildman–Crippen LogP) is 6.08. The lowest BCUT2D eigenvalue weighted by Gasteiger charge is -2.48. The van der Waals surface area contributed by atoms with Crippen LogP contribution >= 0.6 is 0 Å². The molecule has 0 saturated heterocycles. The van der Waals surface area contributed by atoms with E-state index in [-0.39, 0.29) is 29.4 Å². The Morgan fingerprint density at radius 2 is 1.74 bits per heavy atom. The van der Waals surface area contributed by atoms with Crippen LogP contribution in [0.25, 0.3) is 10.9 Å². The van der Waals surface area contributed by atoms with Crippen molar-refractivity contribution in [1.82, 2.24) is 9.88 Å². The number of hydrogen-bond acceptors (Lipinski definition) is 6. The van der Waals surface area contributed by atoms with Crippen LogP contribution in [-0.2, 0) is 42.2 Å². The molecule has 0 saturated carbocycles. The molecule has 8 heteroatoms. The number of aromatic amines is 1. The lowest BCUT2D eigenvalue weighted by molar-refractivity contribution is -0.151. The first kappa shape index (κ1) is 29.4. The number of H-pyrrole nitrogens is 1. The molecule has 43 heavy (non-hydrogen) atoms. The third kappa shape index (κ3) is 5.32. The van der Waals surface area contributed by atoms with Crippen LogP contribution in [0, 0.1) is 12.8 Å². The van der Waals surface area contributed by atoms with Crippen molar-refractivity contribution in [2.75, 3.05) is 20.3 Å². The molecule has 7 nitrogen and oxygen atoms in total. The van der Waals surface area contributed by atoms with Gasteiger partial charge in [0.1, 0.15) is 5.41 Å². The maximum Gasteiger partial charge on any atom is 0.319 e. The van der Waals surface area contributed by atoms with Gasteiger partial charge in [-0.1, -0.05) is 84.8 Å². The van der Waals surface area contributed by atoms with E-state index in [9.17, 15) is 13.2 Å². The molecule has 6 rings (SSSR count). The summed E-state index contributed by atoms with van der Waals surface area (Å²) in [4.78, 5) is 20.5. The fourth-order valence-electron chi connectivity index (χ4n) is 7.14. The van der Waals surface area contributed by atoms with Gasteiger partial charge in [0.05, 0.1) is 24.7 Å². The Kier molecular flexibility index (Phi) is 8.02. The van der Waals surface area contributed by atoms with E-state index in [0.29, 0.717) is 19.4 Å². The molecule has 0 radical (unpaired) electrons. The lowest BCUT2D eigenvalue weighted by Crippen LogP contribution is -2.58. The minimum atomic E-state index is -3.98. The van der Waals surface area contributed by atoms with E-state index in [4.69, 9.17) is 8.92 Å². The molecular formula is C35H38N2O5S. The van der Waals surface area contributed by atoms with Crippen LogP contribution in [-0.4, -0.2) is 50.6 Å². The first-order chi connectivity index (χ1) is 20.8. The molecule has 2 aliphatic rings. The smallest absolute Gasteiger partial charge is 0.319 e. The molecule has 0 amide bonds. The first-order valence-electron chi connectivity index (χ1n) is 14.9. The molecular weight excluding hydrogens is 560 g/mol. The molecule has 2 heterocycles. The van der Waals surface area contributed by atoms with Crippen molar-refractivity contribution < 1.29 is 22.1 Å². The number of esters is 1. The number of carbonyl (C=O) groups is 1. The van der Waals surface area contributed by atoms with Crippen molar-refractivity contribution in [1.29, 1.82) is 0 Å². The van der Waals surface area contributed by atoms with Gasteiger partial charge in [-0.2, -0.15) is 8.42 Å². The Labute approximate surface area is 253 Å². The van der Waals surface area contributed by atoms with Gasteiger partial charge in [-0.25, -0.2) is 0 Å². The SMILES string of the molecule is CCC1=C[C@H](COS(=O)(=O)c2ccc(C)cc2)C[C@]2(C(=O)OC)c3[nH]c4ccccc4c3CCN(Cc3ccccc3)[C@H]12. The Balaban J connectivity index is 1.47. The molecule has 3 atom stereocenters. The standard InChI is InChI=1S/C35H38N2O5S/c1-4-27-20-26(23-42-43(39,40)28-16-14-24(2)15-17-28)21-35(34(38)41-3)32-30(29-12-8-9-13-31(29)36-32)18-19-37(33(27)35)22-25-10-6-5-7-11-25/h5-17,20,26,33,36H,4,18-19,21-23H2,1-3H3/t26-,33+,35-/m0/s1. The second-order valence-electron chi connectivity index (χ2n) is 11.7. The van der Waals surface area contributed by atoms with Crippen molar-refractivity contribution in [3.63, 3.8) is 0 Å². The highest BCUT2D eigenvalue weighted by molar-refractivity contribution is 7.86. The summed E-state index contributed by atoms with van der Waals surface area (Å²) in [6.07, 6.45) is 3.96. The third-order valence-electron chi connectivity index (χ3n) is 9.06. The lowest BCUT2D eigenvalue weighted by atomic mass is 9.63. The maximum absolute atomic E-state index is 14.3. The Bertz CT molecular complexity index is 1760. The van der Waals surface area contributed by atoms with E-state index in [1.165, 1.54) is 12.7 Å². The largest absolute Gasteiger partial charge is 0.468 e. The van der Waals surface area contributed by atoms with Crippen LogP contribution in [0.3, 0.4) is 0 Å². The minimum absolute atomic E-state index is 0.0700. The average Bonchev–Trinajstić information content (AvgIpc) is 3.34. The number of nitrogens with zero attached hydrogens (tertiary/aromatic N) is 1. The summed E-state index contributed by atoms with van der Waals surface area (Å²) in [6.45, 7) is 5.36. The van der Waals surface area contributed by atoms with Crippen LogP contribution < -0.4 is 0 Å². The van der Waals surface area contributed by atoms with Crippen LogP contribution in [0.5, 0.6) is 0 Å². The summed E-state index contributed by atoms with van der Waals surface area (Å²) in [6, 6.07) is 24.8. The summed E-state index contributed by atoms with van der Waals surface area (Å²) < 4.78 is 37.7. The Morgan fingerprint density at radius 1 is 1.02 bits per heavy atom. The number of benzene rings is 3. The highest BCUT2D eigenvalue weighted by atomic mass is 32.2. The van der Waals surface area contributed by atoms with Gasteiger partial charge >= 0.3 is 5.97 Å². The van der Waals surface area contributed by atoms with Crippen LogP contribution in [0.1, 0.15) is 42.1 Å². The maximum atomic E-state index is 14.3. The van der Waals surface area contributed by atoms with Crippen molar-refractivity contribution >= 4 is 27.0 Å². The van der Waals surface area contributed by atoms with Gasteiger partial charge in [-0.15, -0.1) is 0 Å². The van der Waals surface area contributed by atoms with Crippen LogP contribution in [0.15, 0.2) is 95.4 Å². The number of fused-ring (bicyclic) bond motifs is 5. The Hall–Kier alpha value is -3.72. The number of carbonyl (C=O) groups excluding carboxylic acids is 1. The molecule has 1 aliphatic carbocycles. The fraction of sp³-hybridized carbons (Fsp3) is 0.343. The first-order valence-corrected chi connectivity index (χ1v) is 16.3. The average molecular weight is 599 g/mol. The summed E-state index contributed by atoms with van der Waals surface area (Å²) in [5.41, 5.74) is 5.10. The van der Waals surface area contributed by atoms with Crippen molar-refractivity contribution in [2.24, 2.45) is 5.92 Å². The summed E-state index contributed by atoms with van der Waals surface area (Å²) >= 11 is 0. The van der Waals surface area contributed by atoms with Crippen molar-refractivity contribution in [3.8, 4) is 0 Å². The zero-order chi connectivity index (χ0) is 30.2. The van der Waals surface area contributed by atoms with Gasteiger partial charge in [0, 0.05) is 35.6 Å². The molecule has 0 bridgehead atoms. The molecule has 1 N–H and O–H groups in total. The molecule has 0 fully saturated rings. The van der Waals surface area contributed by atoms with Gasteiger partial charge in [0.15, 0.2) is 0 Å². The number of aromatic nitrogens is 1.